The maximum absolute atomic E-state index is 13.0. The van der Waals surface area contributed by atoms with Gasteiger partial charge in [-0.05, 0) is 47.4 Å². The number of rotatable bonds is 6. The Bertz CT molecular complexity index is 1370. The summed E-state index contributed by atoms with van der Waals surface area (Å²) in [7, 11) is -3.29. The monoisotopic (exact) mass is 447 g/mol. The normalized spacial score (nSPS) is 11.8. The van der Waals surface area contributed by atoms with E-state index in [1.165, 1.54) is 17.7 Å². The molecule has 0 radical (unpaired) electrons. The number of hydrogen-bond acceptors (Lipinski definition) is 4. The maximum atomic E-state index is 13.0. The average molecular weight is 448 g/mol. The summed E-state index contributed by atoms with van der Waals surface area (Å²) in [6.07, 6.45) is 1.15. The predicted molar refractivity (Wildman–Crippen MR) is 127 cm³/mol. The second-order valence-corrected chi connectivity index (χ2v) is 10.2. The molecular weight excluding hydrogens is 422 g/mol. The van der Waals surface area contributed by atoms with Crippen molar-refractivity contribution in [2.75, 3.05) is 11.6 Å². The number of hydrogen-bond donors (Lipinski definition) is 1. The molecule has 4 rings (SSSR count). The van der Waals surface area contributed by atoms with Crippen LogP contribution >= 0.6 is 0 Å². The Morgan fingerprint density at radius 1 is 0.969 bits per heavy atom. The highest BCUT2D eigenvalue weighted by atomic mass is 32.2. The molecule has 4 aromatic rings. The first-order valence-corrected chi connectivity index (χ1v) is 12.3. The summed E-state index contributed by atoms with van der Waals surface area (Å²) in [6, 6.07) is 22.2. The van der Waals surface area contributed by atoms with E-state index in [0.717, 1.165) is 22.7 Å². The van der Waals surface area contributed by atoms with Crippen molar-refractivity contribution in [3.63, 3.8) is 0 Å². The van der Waals surface area contributed by atoms with Crippen molar-refractivity contribution >= 4 is 32.3 Å². The number of carbonyl (C=O) groups excluding carboxylic acids is 1. The molecule has 7 heteroatoms. The highest BCUT2D eigenvalue weighted by molar-refractivity contribution is 7.90. The fourth-order valence-corrected chi connectivity index (χ4v) is 4.20. The van der Waals surface area contributed by atoms with E-state index in [0.29, 0.717) is 23.8 Å². The molecular formula is C25H25N3O3S. The van der Waals surface area contributed by atoms with E-state index >= 15 is 0 Å². The lowest BCUT2D eigenvalue weighted by molar-refractivity contribution is 0.102. The van der Waals surface area contributed by atoms with Gasteiger partial charge in [0, 0.05) is 17.3 Å². The zero-order chi connectivity index (χ0) is 22.9. The van der Waals surface area contributed by atoms with Crippen LogP contribution in [0.2, 0.25) is 0 Å². The lowest BCUT2D eigenvalue weighted by Crippen LogP contribution is -2.14. The van der Waals surface area contributed by atoms with Gasteiger partial charge in [0.15, 0.2) is 15.5 Å². The summed E-state index contributed by atoms with van der Waals surface area (Å²) in [6.45, 7) is 4.88. The minimum Gasteiger partial charge on any atom is -0.321 e. The molecule has 3 aromatic carbocycles. The van der Waals surface area contributed by atoms with Crippen molar-refractivity contribution in [1.29, 1.82) is 0 Å². The fourth-order valence-electron chi connectivity index (χ4n) is 3.57. The quantitative estimate of drug-likeness (QED) is 0.457. The van der Waals surface area contributed by atoms with E-state index in [4.69, 9.17) is 0 Å². The number of nitrogens with one attached hydrogen (secondary N) is 1. The van der Waals surface area contributed by atoms with E-state index in [1.54, 1.807) is 12.1 Å². The van der Waals surface area contributed by atoms with Crippen molar-refractivity contribution in [2.45, 2.75) is 31.2 Å². The van der Waals surface area contributed by atoms with Crippen LogP contribution in [0.1, 0.15) is 41.4 Å². The molecule has 0 fully saturated rings. The molecule has 0 saturated heterocycles. The first-order chi connectivity index (χ1) is 15.2. The molecule has 1 N–H and O–H groups in total. The molecule has 164 valence electrons. The highest BCUT2D eigenvalue weighted by Crippen LogP contribution is 2.22. The van der Waals surface area contributed by atoms with Gasteiger partial charge < -0.3 is 5.32 Å². The Hall–Kier alpha value is -3.45. The molecule has 0 aliphatic heterocycles. The number of anilines is 1. The molecule has 1 aromatic heterocycles. The van der Waals surface area contributed by atoms with Gasteiger partial charge in [0.25, 0.3) is 5.91 Å². The molecule has 0 aliphatic carbocycles. The summed E-state index contributed by atoms with van der Waals surface area (Å²) in [4.78, 5) is 13.2. The summed E-state index contributed by atoms with van der Waals surface area (Å²) in [5, 5.41) is 8.18. The number of aromatic nitrogens is 2. The van der Waals surface area contributed by atoms with Gasteiger partial charge in [0.1, 0.15) is 0 Å². The van der Waals surface area contributed by atoms with E-state index in [-0.39, 0.29) is 10.8 Å². The van der Waals surface area contributed by atoms with Crippen LogP contribution in [0.3, 0.4) is 0 Å². The van der Waals surface area contributed by atoms with Crippen LogP contribution in [0.15, 0.2) is 77.7 Å². The van der Waals surface area contributed by atoms with Crippen molar-refractivity contribution in [3.8, 4) is 0 Å². The second kappa shape index (κ2) is 8.59. The molecule has 32 heavy (non-hydrogen) atoms. The van der Waals surface area contributed by atoms with E-state index in [1.807, 2.05) is 28.9 Å². The topological polar surface area (TPSA) is 81.1 Å². The predicted octanol–water partition coefficient (Wildman–Crippen LogP) is 4.86. The van der Waals surface area contributed by atoms with Gasteiger partial charge in [-0.3, -0.25) is 9.48 Å². The molecule has 0 atom stereocenters. The molecule has 6 nitrogen and oxygen atoms in total. The van der Waals surface area contributed by atoms with Crippen LogP contribution in [-0.4, -0.2) is 30.4 Å². The third-order valence-corrected chi connectivity index (χ3v) is 6.52. The molecule has 1 heterocycles. The zero-order valence-electron chi connectivity index (χ0n) is 18.2. The summed E-state index contributed by atoms with van der Waals surface area (Å²) in [5.74, 6) is 0.124. The van der Waals surface area contributed by atoms with Crippen LogP contribution in [0.5, 0.6) is 0 Å². The van der Waals surface area contributed by atoms with Gasteiger partial charge in [-0.25, -0.2) is 8.42 Å². The SMILES string of the molecule is CC(C)c1ccc(Cn2nc(C(=O)Nc3ccc(S(C)(=O)=O)cc3)c3ccccc32)cc1. The zero-order valence-corrected chi connectivity index (χ0v) is 19.1. The molecule has 0 aliphatic rings. The Kier molecular flexibility index (Phi) is 5.84. The Labute approximate surface area is 187 Å². The van der Waals surface area contributed by atoms with Gasteiger partial charge in [-0.15, -0.1) is 0 Å². The molecule has 1 amide bonds. The van der Waals surface area contributed by atoms with Gasteiger partial charge in [0.05, 0.1) is 17.0 Å². The van der Waals surface area contributed by atoms with Gasteiger partial charge in [0.2, 0.25) is 0 Å². The van der Waals surface area contributed by atoms with E-state index < -0.39 is 9.84 Å². The molecule has 0 bridgehead atoms. The van der Waals surface area contributed by atoms with Gasteiger partial charge in [-0.1, -0.05) is 56.3 Å². The minimum absolute atomic E-state index is 0.203. The number of para-hydroxylation sites is 1. The largest absolute Gasteiger partial charge is 0.321 e. The lowest BCUT2D eigenvalue weighted by Gasteiger charge is -2.08. The number of benzene rings is 3. The lowest BCUT2D eigenvalue weighted by atomic mass is 10.0. The first kappa shape index (κ1) is 21.8. The third kappa shape index (κ3) is 4.57. The maximum Gasteiger partial charge on any atom is 0.276 e. The van der Waals surface area contributed by atoms with Crippen LogP contribution in [0.25, 0.3) is 10.9 Å². The van der Waals surface area contributed by atoms with Crippen molar-refractivity contribution in [1.82, 2.24) is 9.78 Å². The highest BCUT2D eigenvalue weighted by Gasteiger charge is 2.18. The van der Waals surface area contributed by atoms with Crippen LogP contribution in [-0.2, 0) is 16.4 Å². The third-order valence-electron chi connectivity index (χ3n) is 5.39. The van der Waals surface area contributed by atoms with Crippen molar-refractivity contribution in [2.24, 2.45) is 0 Å². The Balaban J connectivity index is 1.61. The fraction of sp³-hybridized carbons (Fsp3) is 0.200. The first-order valence-electron chi connectivity index (χ1n) is 10.4. The number of amides is 1. The number of sulfone groups is 1. The Morgan fingerprint density at radius 2 is 1.62 bits per heavy atom. The smallest absolute Gasteiger partial charge is 0.276 e. The Morgan fingerprint density at radius 3 is 2.25 bits per heavy atom. The van der Waals surface area contributed by atoms with E-state index in [9.17, 15) is 13.2 Å². The van der Waals surface area contributed by atoms with Gasteiger partial charge in [-0.2, -0.15) is 5.10 Å². The standard InChI is InChI=1S/C25H25N3O3S/c1-17(2)19-10-8-18(9-11-19)16-28-23-7-5-4-6-22(23)24(27-28)25(29)26-20-12-14-21(15-13-20)32(3,30)31/h4-15,17H,16H2,1-3H3,(H,26,29). The van der Waals surface area contributed by atoms with Crippen molar-refractivity contribution in [3.05, 3.63) is 89.6 Å². The number of nitrogens with zero attached hydrogens (tertiary/aromatic N) is 2. The van der Waals surface area contributed by atoms with Crippen LogP contribution in [0.4, 0.5) is 5.69 Å². The molecule has 0 spiro atoms. The van der Waals surface area contributed by atoms with Crippen molar-refractivity contribution < 1.29 is 13.2 Å². The molecule has 0 saturated carbocycles. The van der Waals surface area contributed by atoms with Crippen LogP contribution < -0.4 is 5.32 Å². The average Bonchev–Trinajstić information content (AvgIpc) is 3.12. The summed E-state index contributed by atoms with van der Waals surface area (Å²) >= 11 is 0. The van der Waals surface area contributed by atoms with Gasteiger partial charge >= 0.3 is 0 Å². The second-order valence-electron chi connectivity index (χ2n) is 8.17. The van der Waals surface area contributed by atoms with Crippen LogP contribution in [0, 0.1) is 0 Å². The number of carbonyl (C=O) groups is 1. The minimum atomic E-state index is -3.29. The summed E-state index contributed by atoms with van der Waals surface area (Å²) in [5.41, 5.74) is 4.09. The summed E-state index contributed by atoms with van der Waals surface area (Å²) < 4.78 is 25.1. The number of fused-ring (bicyclic) bond motifs is 1. The van der Waals surface area contributed by atoms with E-state index in [2.05, 4.69) is 48.5 Å². The molecule has 0 unspecified atom stereocenters.